The fourth-order valence-electron chi connectivity index (χ4n) is 9.48. The molecule has 3 N–H and O–H groups in total. The second-order valence-electron chi connectivity index (χ2n) is 18.1. The van der Waals surface area contributed by atoms with E-state index in [2.05, 4.69) is 42.4 Å². The van der Waals surface area contributed by atoms with Gasteiger partial charge in [0.2, 0.25) is 0 Å². The molecule has 1 aromatic carbocycles. The van der Waals surface area contributed by atoms with Crippen LogP contribution in [0.2, 0.25) is 0 Å². The number of alkyl carbamates (subject to hydrolysis) is 1. The van der Waals surface area contributed by atoms with E-state index in [1.165, 1.54) is 6.07 Å². The van der Waals surface area contributed by atoms with Crippen molar-refractivity contribution in [3.8, 4) is 0 Å². The average molecular weight is 971 g/mol. The molecule has 2 unspecified atom stereocenters. The summed E-state index contributed by atoms with van der Waals surface area (Å²) in [6.07, 6.45) is 6.16. The van der Waals surface area contributed by atoms with Crippen LogP contribution < -0.4 is 5.32 Å². The number of H-pyrrole nitrogens is 1. The molecule has 1 saturated carbocycles. The Labute approximate surface area is 410 Å². The number of Topliss-reactive ketones (excluding diaryl/α,β-unsaturated/α-hetero) is 1. The van der Waals surface area contributed by atoms with Crippen LogP contribution in [0.15, 0.2) is 66.9 Å². The number of nitrogens with zero attached hydrogens (tertiary/aromatic N) is 6. The molecule has 0 bridgehead atoms. The van der Waals surface area contributed by atoms with Crippen molar-refractivity contribution in [3.05, 3.63) is 106 Å². The van der Waals surface area contributed by atoms with Gasteiger partial charge in [-0.25, -0.2) is 14.6 Å². The molecule has 1 saturated heterocycles. The smallest absolute Gasteiger partial charge is 0.407 e. The van der Waals surface area contributed by atoms with Crippen LogP contribution >= 0.6 is 0 Å². The number of aromatic amines is 1. The number of pyridine rings is 2. The fraction of sp³-hybridized carbons (Fsp3) is 0.588. The Balaban J connectivity index is 0.784. The minimum Gasteiger partial charge on any atom is -0.477 e. The minimum atomic E-state index is -1.06. The van der Waals surface area contributed by atoms with Crippen LogP contribution in [0, 0.1) is 17.3 Å². The highest BCUT2D eigenvalue weighted by atomic mass is 16.6. The number of carboxylic acids is 1. The van der Waals surface area contributed by atoms with E-state index in [0.29, 0.717) is 161 Å². The van der Waals surface area contributed by atoms with E-state index < -0.39 is 12.1 Å². The quantitative estimate of drug-likeness (QED) is 0.0847. The standard InChI is InChI=1S/C51H70N8O11/c1-51-17-16-44-43(55-57-56-44)15-14-41(51)42(51)37-70-50(63)53-19-25-65-31-30-64-24-5-9-47(60)38-10-12-39(13-11-38)48(45-7-2-3-18-52-45)59-22-28-68-34-32-66-26-20-58(21-27-67-33-35-69-29-23-59)36-40-6-4-8-46(54-40)49(61)62/h2-4,6-8,10-13,18,41-42,48H,5,9,14-17,19-37H2,1H3,(H,53,63)(H,61,62)(H,55,56,57)/t41-,42?,48?,51-/m0/s1. The van der Waals surface area contributed by atoms with E-state index in [-0.39, 0.29) is 22.9 Å². The summed E-state index contributed by atoms with van der Waals surface area (Å²) in [6.45, 7) is 11.1. The van der Waals surface area contributed by atoms with Gasteiger partial charge in [-0.05, 0) is 73.3 Å². The number of rotatable bonds is 19. The van der Waals surface area contributed by atoms with E-state index in [1.54, 1.807) is 12.3 Å². The van der Waals surface area contributed by atoms with E-state index in [9.17, 15) is 19.5 Å². The largest absolute Gasteiger partial charge is 0.477 e. The Morgan fingerprint density at radius 3 is 2.19 bits per heavy atom. The summed E-state index contributed by atoms with van der Waals surface area (Å²) < 4.78 is 40.9. The minimum absolute atomic E-state index is 0.0173. The van der Waals surface area contributed by atoms with E-state index in [0.717, 1.165) is 48.3 Å². The molecule has 0 spiro atoms. The molecule has 3 aliphatic rings. The molecule has 3 aromatic heterocycles. The van der Waals surface area contributed by atoms with Crippen LogP contribution in [0.1, 0.15) is 87.8 Å². The van der Waals surface area contributed by atoms with E-state index in [4.69, 9.17) is 38.1 Å². The van der Waals surface area contributed by atoms with Gasteiger partial charge in [-0.15, -0.1) is 0 Å². The van der Waals surface area contributed by atoms with Gasteiger partial charge in [0, 0.05) is 70.0 Å². The number of aromatic carboxylic acids is 1. The van der Waals surface area contributed by atoms with Crippen molar-refractivity contribution in [3.63, 3.8) is 0 Å². The van der Waals surface area contributed by atoms with E-state index >= 15 is 0 Å². The summed E-state index contributed by atoms with van der Waals surface area (Å²) in [5.41, 5.74) is 5.50. The predicted molar refractivity (Wildman–Crippen MR) is 257 cm³/mol. The van der Waals surface area contributed by atoms with Crippen LogP contribution in [0.4, 0.5) is 4.79 Å². The van der Waals surface area contributed by atoms with Crippen molar-refractivity contribution in [1.82, 2.24) is 40.5 Å². The first-order valence-electron chi connectivity index (χ1n) is 24.7. The molecule has 4 heterocycles. The molecule has 0 radical (unpaired) electrons. The number of ether oxygens (including phenoxy) is 7. The molecule has 19 nitrogen and oxygen atoms in total. The number of fused-ring (bicyclic) bond motifs is 2. The fourth-order valence-corrected chi connectivity index (χ4v) is 9.48. The van der Waals surface area contributed by atoms with Crippen molar-refractivity contribution in [1.29, 1.82) is 0 Å². The first-order valence-corrected chi connectivity index (χ1v) is 24.7. The Bertz CT molecular complexity index is 2180. The third kappa shape index (κ3) is 16.1. The van der Waals surface area contributed by atoms with Gasteiger partial charge in [-0.2, -0.15) is 15.4 Å². The lowest BCUT2D eigenvalue weighted by atomic mass is 9.92. The van der Waals surface area contributed by atoms with Crippen LogP contribution in [-0.2, 0) is 52.5 Å². The van der Waals surface area contributed by atoms with Crippen LogP contribution in [0.3, 0.4) is 0 Å². The Morgan fingerprint density at radius 1 is 0.814 bits per heavy atom. The first kappa shape index (κ1) is 52.6. The third-order valence-corrected chi connectivity index (χ3v) is 13.5. The van der Waals surface area contributed by atoms with Crippen LogP contribution in [0.25, 0.3) is 0 Å². The highest BCUT2D eigenvalue weighted by Crippen LogP contribution is 2.63. The van der Waals surface area contributed by atoms with Crippen molar-refractivity contribution in [2.45, 2.75) is 58.0 Å². The molecule has 1 amide bonds. The number of benzene rings is 1. The van der Waals surface area contributed by atoms with Gasteiger partial charge in [0.25, 0.3) is 0 Å². The lowest BCUT2D eigenvalue weighted by Crippen LogP contribution is -2.36. The highest BCUT2D eigenvalue weighted by Gasteiger charge is 2.60. The number of ketones is 1. The second kappa shape index (κ2) is 28.0. The number of hydrogen-bond donors (Lipinski definition) is 3. The number of carboxylic acid groups (broad SMARTS) is 1. The zero-order valence-corrected chi connectivity index (χ0v) is 40.5. The summed E-state index contributed by atoms with van der Waals surface area (Å²) in [7, 11) is 0. The van der Waals surface area contributed by atoms with Gasteiger partial charge >= 0.3 is 12.1 Å². The lowest BCUT2D eigenvalue weighted by molar-refractivity contribution is 0.00332. The SMILES string of the molecule is C[C@]12CCc3n[nH]nc3CC[C@H]1C2COC(=O)NCCOCCOCCCC(=O)c1ccc(C(c2ccccn2)N2CCOCCOCCN(Cc3cccc(C(=O)O)n3)CCOCCOCC2)cc1. The molecule has 2 fully saturated rings. The molecule has 380 valence electrons. The highest BCUT2D eigenvalue weighted by molar-refractivity contribution is 5.96. The Kier molecular flexibility index (Phi) is 21.0. The number of aryl methyl sites for hydroxylation is 2. The number of aromatic nitrogens is 5. The lowest BCUT2D eigenvalue weighted by Gasteiger charge is -2.32. The van der Waals surface area contributed by atoms with Crippen LogP contribution in [0.5, 0.6) is 0 Å². The van der Waals surface area contributed by atoms with Gasteiger partial charge in [0.1, 0.15) is 5.69 Å². The number of amides is 1. The molecule has 1 aliphatic heterocycles. The molecule has 4 atom stereocenters. The number of carbonyl (C=O) groups excluding carboxylic acids is 2. The van der Waals surface area contributed by atoms with Crippen molar-refractivity contribution in [2.75, 3.05) is 119 Å². The Hall–Kier alpha value is -5.25. The Morgan fingerprint density at radius 2 is 1.50 bits per heavy atom. The summed E-state index contributed by atoms with van der Waals surface area (Å²) >= 11 is 0. The molecular formula is C51H70N8O11. The summed E-state index contributed by atoms with van der Waals surface area (Å²) in [5.74, 6) is -0.118. The molecule has 19 heteroatoms. The van der Waals surface area contributed by atoms with Gasteiger partial charge in [0.15, 0.2) is 5.78 Å². The maximum absolute atomic E-state index is 13.2. The second-order valence-corrected chi connectivity index (χ2v) is 18.1. The van der Waals surface area contributed by atoms with E-state index in [1.807, 2.05) is 48.5 Å². The summed E-state index contributed by atoms with van der Waals surface area (Å²) in [5, 5.41) is 23.5. The first-order chi connectivity index (χ1) is 34.3. The zero-order chi connectivity index (χ0) is 48.8. The topological polar surface area (TPSA) is 222 Å². The number of carbonyl (C=O) groups is 3. The van der Waals surface area contributed by atoms with Gasteiger partial charge in [0.05, 0.1) is 108 Å². The maximum Gasteiger partial charge on any atom is 0.407 e. The van der Waals surface area contributed by atoms with Crippen molar-refractivity contribution in [2.24, 2.45) is 17.3 Å². The average Bonchev–Trinajstić information content (AvgIpc) is 3.64. The van der Waals surface area contributed by atoms with Crippen molar-refractivity contribution < 1.29 is 52.6 Å². The number of hydrogen-bond acceptors (Lipinski definition) is 16. The number of nitrogens with one attached hydrogen (secondary N) is 2. The summed E-state index contributed by atoms with van der Waals surface area (Å²) in [6, 6.07) is 18.5. The van der Waals surface area contributed by atoms with Gasteiger partial charge in [-0.3, -0.25) is 19.6 Å². The monoisotopic (exact) mass is 971 g/mol. The van der Waals surface area contributed by atoms with Crippen LogP contribution in [-0.4, -0.2) is 177 Å². The predicted octanol–water partition coefficient (Wildman–Crippen LogP) is 4.82. The maximum atomic E-state index is 13.2. The summed E-state index contributed by atoms with van der Waals surface area (Å²) in [4.78, 5) is 50.5. The molecule has 4 aromatic rings. The molecular weight excluding hydrogens is 901 g/mol. The third-order valence-electron chi connectivity index (χ3n) is 13.5. The zero-order valence-electron chi connectivity index (χ0n) is 40.5. The van der Waals surface area contributed by atoms with Crippen molar-refractivity contribution >= 4 is 17.8 Å². The molecule has 2 aliphatic carbocycles. The normalized spacial score (nSPS) is 21.7. The van der Waals surface area contributed by atoms with Gasteiger partial charge < -0.3 is 43.6 Å². The molecule has 7 rings (SSSR count). The van der Waals surface area contributed by atoms with Gasteiger partial charge in [-0.1, -0.05) is 43.3 Å². The molecule has 70 heavy (non-hydrogen) atoms.